The first-order valence-electron chi connectivity index (χ1n) is 7.23. The third-order valence-corrected chi connectivity index (χ3v) is 3.75. The van der Waals surface area contributed by atoms with Crippen molar-refractivity contribution in [3.05, 3.63) is 53.7 Å². The van der Waals surface area contributed by atoms with Gasteiger partial charge in [0.1, 0.15) is 5.76 Å². The van der Waals surface area contributed by atoms with Crippen molar-refractivity contribution in [2.75, 3.05) is 13.1 Å². The third-order valence-electron chi connectivity index (χ3n) is 3.75. The highest BCUT2D eigenvalue weighted by molar-refractivity contribution is 5.21. The van der Waals surface area contributed by atoms with Gasteiger partial charge in [-0.3, -0.25) is 4.90 Å². The molecule has 0 bridgehead atoms. The van der Waals surface area contributed by atoms with Crippen LogP contribution in [0.1, 0.15) is 42.6 Å². The van der Waals surface area contributed by atoms with Gasteiger partial charge in [0.2, 0.25) is 5.89 Å². The van der Waals surface area contributed by atoms with E-state index in [0.717, 1.165) is 31.0 Å². The summed E-state index contributed by atoms with van der Waals surface area (Å²) in [6, 6.07) is 9.47. The van der Waals surface area contributed by atoms with E-state index in [2.05, 4.69) is 9.88 Å². The molecule has 3 rings (SSSR count). The van der Waals surface area contributed by atoms with Gasteiger partial charge >= 0.3 is 0 Å². The van der Waals surface area contributed by atoms with Crippen molar-refractivity contribution < 1.29 is 9.52 Å². The molecule has 2 heterocycles. The normalized spacial score (nSPS) is 18.1. The minimum Gasteiger partial charge on any atom is -0.441 e. The van der Waals surface area contributed by atoms with Gasteiger partial charge in [-0.05, 0) is 31.5 Å². The molecule has 1 aliphatic rings. The monoisotopic (exact) mass is 272 g/mol. The molecule has 1 N–H and O–H groups in total. The zero-order chi connectivity index (χ0) is 13.8. The van der Waals surface area contributed by atoms with Crippen LogP contribution in [0, 0.1) is 0 Å². The summed E-state index contributed by atoms with van der Waals surface area (Å²) < 4.78 is 5.70. The Hall–Kier alpha value is -1.65. The van der Waals surface area contributed by atoms with Crippen LogP contribution in [0.3, 0.4) is 0 Å². The molecule has 0 amide bonds. The Morgan fingerprint density at radius 2 is 1.90 bits per heavy atom. The van der Waals surface area contributed by atoms with Crippen molar-refractivity contribution in [2.24, 2.45) is 0 Å². The van der Waals surface area contributed by atoms with Crippen LogP contribution in [0.15, 0.2) is 40.9 Å². The molecule has 20 heavy (non-hydrogen) atoms. The van der Waals surface area contributed by atoms with Crippen molar-refractivity contribution in [3.8, 4) is 0 Å². The number of aliphatic hydroxyl groups is 1. The number of rotatable bonds is 4. The van der Waals surface area contributed by atoms with Crippen LogP contribution in [0.4, 0.5) is 0 Å². The van der Waals surface area contributed by atoms with Gasteiger partial charge < -0.3 is 9.52 Å². The zero-order valence-corrected chi connectivity index (χ0v) is 11.5. The van der Waals surface area contributed by atoms with Crippen LogP contribution < -0.4 is 0 Å². The first kappa shape index (κ1) is 13.3. The SMILES string of the molecule is O[C@@H](c1ccccc1)c1ncc(CN2CCCCC2)o1. The largest absolute Gasteiger partial charge is 0.441 e. The molecule has 2 aromatic rings. The van der Waals surface area contributed by atoms with Gasteiger partial charge in [-0.25, -0.2) is 4.98 Å². The minimum absolute atomic E-state index is 0.378. The first-order valence-corrected chi connectivity index (χ1v) is 7.23. The highest BCUT2D eigenvalue weighted by Crippen LogP contribution is 2.22. The molecular formula is C16H20N2O2. The standard InChI is InChI=1S/C16H20N2O2/c19-15(13-7-3-1-4-8-13)16-17-11-14(20-16)12-18-9-5-2-6-10-18/h1,3-4,7-8,11,15,19H,2,5-6,9-10,12H2/t15-/m0/s1. The second-order valence-corrected chi connectivity index (χ2v) is 5.31. The quantitative estimate of drug-likeness (QED) is 0.929. The molecule has 1 saturated heterocycles. The summed E-state index contributed by atoms with van der Waals surface area (Å²) in [5.74, 6) is 1.21. The van der Waals surface area contributed by atoms with Crippen LogP contribution in [-0.2, 0) is 6.54 Å². The lowest BCUT2D eigenvalue weighted by Gasteiger charge is -2.25. The Bertz CT molecular complexity index is 532. The lowest BCUT2D eigenvalue weighted by Crippen LogP contribution is -2.28. The molecule has 0 unspecified atom stereocenters. The van der Waals surface area contributed by atoms with E-state index in [9.17, 15) is 5.11 Å². The van der Waals surface area contributed by atoms with Gasteiger partial charge in [0.05, 0.1) is 12.7 Å². The number of aromatic nitrogens is 1. The van der Waals surface area contributed by atoms with Crippen LogP contribution in [-0.4, -0.2) is 28.1 Å². The summed E-state index contributed by atoms with van der Waals surface area (Å²) in [6.45, 7) is 3.03. The maximum absolute atomic E-state index is 10.2. The van der Waals surface area contributed by atoms with E-state index in [1.54, 1.807) is 6.20 Å². The highest BCUT2D eigenvalue weighted by Gasteiger charge is 2.18. The van der Waals surface area contributed by atoms with E-state index < -0.39 is 6.10 Å². The molecule has 4 heteroatoms. The molecule has 0 aliphatic carbocycles. The molecule has 1 atom stereocenters. The number of benzene rings is 1. The fourth-order valence-electron chi connectivity index (χ4n) is 2.64. The zero-order valence-electron chi connectivity index (χ0n) is 11.5. The average molecular weight is 272 g/mol. The van der Waals surface area contributed by atoms with Crippen molar-refractivity contribution >= 4 is 0 Å². The number of nitrogens with zero attached hydrogens (tertiary/aromatic N) is 2. The fraction of sp³-hybridized carbons (Fsp3) is 0.438. The molecule has 1 aliphatic heterocycles. The summed E-state index contributed by atoms with van der Waals surface area (Å²) in [6.07, 6.45) is 4.79. The summed E-state index contributed by atoms with van der Waals surface area (Å²) in [4.78, 5) is 6.59. The number of aliphatic hydroxyl groups excluding tert-OH is 1. The van der Waals surface area contributed by atoms with Crippen molar-refractivity contribution in [1.82, 2.24) is 9.88 Å². The summed E-state index contributed by atoms with van der Waals surface area (Å²) in [7, 11) is 0. The number of oxazole rings is 1. The summed E-state index contributed by atoms with van der Waals surface area (Å²) in [5, 5.41) is 10.2. The molecule has 106 valence electrons. The van der Waals surface area contributed by atoms with Gasteiger partial charge in [0, 0.05) is 0 Å². The van der Waals surface area contributed by atoms with Crippen LogP contribution >= 0.6 is 0 Å². The Labute approximate surface area is 119 Å². The second-order valence-electron chi connectivity index (χ2n) is 5.31. The number of hydrogen-bond acceptors (Lipinski definition) is 4. The highest BCUT2D eigenvalue weighted by atomic mass is 16.4. The van der Waals surface area contributed by atoms with Gasteiger partial charge in [0.25, 0.3) is 0 Å². The summed E-state index contributed by atoms with van der Waals surface area (Å²) >= 11 is 0. The van der Waals surface area contributed by atoms with E-state index in [4.69, 9.17) is 4.42 Å². The molecule has 1 fully saturated rings. The molecule has 0 saturated carbocycles. The average Bonchev–Trinajstić information content (AvgIpc) is 2.97. The Kier molecular flexibility index (Phi) is 4.14. The molecule has 0 radical (unpaired) electrons. The number of hydrogen-bond donors (Lipinski definition) is 1. The molecule has 0 spiro atoms. The van der Waals surface area contributed by atoms with Crippen LogP contribution in [0.25, 0.3) is 0 Å². The van der Waals surface area contributed by atoms with Crippen molar-refractivity contribution in [1.29, 1.82) is 0 Å². The summed E-state index contributed by atoms with van der Waals surface area (Å²) in [5.41, 5.74) is 0.805. The minimum atomic E-state index is -0.786. The van der Waals surface area contributed by atoms with E-state index in [-0.39, 0.29) is 0 Å². The van der Waals surface area contributed by atoms with Crippen LogP contribution in [0.2, 0.25) is 0 Å². The molecule has 1 aromatic carbocycles. The van der Waals surface area contributed by atoms with E-state index in [1.165, 1.54) is 19.3 Å². The smallest absolute Gasteiger partial charge is 0.227 e. The Morgan fingerprint density at radius 1 is 1.15 bits per heavy atom. The van der Waals surface area contributed by atoms with Crippen molar-refractivity contribution in [2.45, 2.75) is 31.9 Å². The maximum atomic E-state index is 10.2. The van der Waals surface area contributed by atoms with Crippen LogP contribution in [0.5, 0.6) is 0 Å². The van der Waals surface area contributed by atoms with Gasteiger partial charge in [-0.1, -0.05) is 36.8 Å². The number of likely N-dealkylation sites (tertiary alicyclic amines) is 1. The predicted octanol–water partition coefficient (Wildman–Crippen LogP) is 2.74. The Balaban J connectivity index is 1.67. The number of piperidine rings is 1. The lowest BCUT2D eigenvalue weighted by atomic mass is 10.1. The predicted molar refractivity (Wildman–Crippen MR) is 76.1 cm³/mol. The van der Waals surface area contributed by atoms with E-state index >= 15 is 0 Å². The van der Waals surface area contributed by atoms with Gasteiger partial charge in [-0.15, -0.1) is 0 Å². The molecular weight excluding hydrogens is 252 g/mol. The fourth-order valence-corrected chi connectivity index (χ4v) is 2.64. The van der Waals surface area contributed by atoms with E-state index in [1.807, 2.05) is 30.3 Å². The lowest BCUT2D eigenvalue weighted by molar-refractivity contribution is 0.168. The van der Waals surface area contributed by atoms with Crippen molar-refractivity contribution in [3.63, 3.8) is 0 Å². The molecule has 4 nitrogen and oxygen atoms in total. The second kappa shape index (κ2) is 6.20. The van der Waals surface area contributed by atoms with Gasteiger partial charge in [-0.2, -0.15) is 0 Å². The molecule has 1 aromatic heterocycles. The Morgan fingerprint density at radius 3 is 2.65 bits per heavy atom. The van der Waals surface area contributed by atoms with E-state index in [0.29, 0.717) is 5.89 Å². The first-order chi connectivity index (χ1) is 9.83. The maximum Gasteiger partial charge on any atom is 0.227 e. The van der Waals surface area contributed by atoms with Gasteiger partial charge in [0.15, 0.2) is 6.10 Å². The topological polar surface area (TPSA) is 49.5 Å². The third kappa shape index (κ3) is 3.08.